The maximum Gasteiger partial charge on any atom is 0.0258 e. The van der Waals surface area contributed by atoms with Crippen LogP contribution in [0, 0.1) is 25.7 Å². The van der Waals surface area contributed by atoms with Crippen LogP contribution >= 0.6 is 0 Å². The second-order valence-corrected chi connectivity index (χ2v) is 13.7. The van der Waals surface area contributed by atoms with Gasteiger partial charge in [-0.1, -0.05) is 118 Å². The molecule has 2 nitrogen and oxygen atoms in total. The van der Waals surface area contributed by atoms with Gasteiger partial charge in [-0.15, -0.1) is 6.58 Å². The predicted molar refractivity (Wildman–Crippen MR) is 187 cm³/mol. The average Bonchev–Trinajstić information content (AvgIpc) is 2.86. The van der Waals surface area contributed by atoms with Crippen molar-refractivity contribution in [1.82, 2.24) is 10.6 Å². The molecule has 0 fully saturated rings. The van der Waals surface area contributed by atoms with Crippen LogP contribution in [0.4, 0.5) is 0 Å². The van der Waals surface area contributed by atoms with Crippen LogP contribution < -0.4 is 10.6 Å². The highest BCUT2D eigenvalue weighted by Gasteiger charge is 2.13. The Morgan fingerprint density at radius 3 is 1.37 bits per heavy atom. The first kappa shape index (κ1) is 38.8. The van der Waals surface area contributed by atoms with Crippen molar-refractivity contribution in [2.24, 2.45) is 11.8 Å². The van der Waals surface area contributed by atoms with Gasteiger partial charge in [0.2, 0.25) is 0 Å². The monoisotopic (exact) mass is 563 g/mol. The SMILES string of the molecule is C=C(C)C.CC(C)=CC(CC(C)c1ccc(C)cc1)NCC(C)C.Cc1ccc([C@@H](C)CC(C)NCC(C)C)cc1. The maximum absolute atomic E-state index is 3.69. The summed E-state index contributed by atoms with van der Waals surface area (Å²) < 4.78 is 0. The van der Waals surface area contributed by atoms with Crippen molar-refractivity contribution in [3.63, 3.8) is 0 Å². The van der Waals surface area contributed by atoms with Gasteiger partial charge in [0, 0.05) is 12.1 Å². The van der Waals surface area contributed by atoms with E-state index in [0.29, 0.717) is 29.8 Å². The summed E-state index contributed by atoms with van der Waals surface area (Å²) in [7, 11) is 0. The summed E-state index contributed by atoms with van der Waals surface area (Å²) in [4.78, 5) is 0. The fourth-order valence-corrected chi connectivity index (χ4v) is 4.49. The molecule has 2 rings (SSSR count). The molecule has 0 amide bonds. The number of nitrogens with one attached hydrogen (secondary N) is 2. The summed E-state index contributed by atoms with van der Waals surface area (Å²) in [5, 5.41) is 7.28. The van der Waals surface area contributed by atoms with Crippen LogP contribution in [0.5, 0.6) is 0 Å². The first-order valence-corrected chi connectivity index (χ1v) is 16.0. The van der Waals surface area contributed by atoms with Gasteiger partial charge in [0.15, 0.2) is 0 Å². The van der Waals surface area contributed by atoms with Crippen LogP contribution in [0.15, 0.2) is 72.3 Å². The van der Waals surface area contributed by atoms with Crippen LogP contribution in [-0.4, -0.2) is 25.2 Å². The van der Waals surface area contributed by atoms with Gasteiger partial charge in [-0.2, -0.15) is 0 Å². The first-order valence-electron chi connectivity index (χ1n) is 16.0. The van der Waals surface area contributed by atoms with Gasteiger partial charge in [0.25, 0.3) is 0 Å². The van der Waals surface area contributed by atoms with Crippen molar-refractivity contribution in [3.05, 3.63) is 94.6 Å². The van der Waals surface area contributed by atoms with Crippen molar-refractivity contribution in [2.75, 3.05) is 13.1 Å². The fourth-order valence-electron chi connectivity index (χ4n) is 4.49. The Balaban J connectivity index is 0.000000697. The number of hydrogen-bond donors (Lipinski definition) is 2. The topological polar surface area (TPSA) is 24.1 Å². The highest BCUT2D eigenvalue weighted by molar-refractivity contribution is 5.25. The fraction of sp³-hybridized carbons (Fsp3) is 0.590. The van der Waals surface area contributed by atoms with Crippen molar-refractivity contribution in [3.8, 4) is 0 Å². The third-order valence-corrected chi connectivity index (χ3v) is 6.80. The van der Waals surface area contributed by atoms with E-state index in [-0.39, 0.29) is 0 Å². The number of aryl methyl sites for hydroxylation is 2. The minimum atomic E-state index is 0.471. The van der Waals surface area contributed by atoms with Gasteiger partial charge in [0.1, 0.15) is 0 Å². The third-order valence-electron chi connectivity index (χ3n) is 6.80. The molecular formula is C39H66N2. The molecule has 0 aliphatic carbocycles. The van der Waals surface area contributed by atoms with Gasteiger partial charge in [0.05, 0.1) is 0 Å². The van der Waals surface area contributed by atoms with Crippen LogP contribution in [0.1, 0.15) is 123 Å². The van der Waals surface area contributed by atoms with E-state index in [9.17, 15) is 0 Å². The summed E-state index contributed by atoms with van der Waals surface area (Å²) in [6.45, 7) is 34.3. The molecule has 0 saturated heterocycles. The number of hydrogen-bond acceptors (Lipinski definition) is 2. The van der Waals surface area contributed by atoms with Gasteiger partial charge in [-0.3, -0.25) is 0 Å². The number of allylic oxidation sites excluding steroid dienone is 2. The molecular weight excluding hydrogens is 496 g/mol. The van der Waals surface area contributed by atoms with Gasteiger partial charge >= 0.3 is 0 Å². The molecule has 0 saturated carbocycles. The summed E-state index contributed by atoms with van der Waals surface area (Å²) in [5.41, 5.74) is 8.12. The van der Waals surface area contributed by atoms with E-state index in [1.165, 1.54) is 39.8 Å². The van der Waals surface area contributed by atoms with E-state index in [4.69, 9.17) is 0 Å². The normalized spacial score (nSPS) is 13.7. The minimum absolute atomic E-state index is 0.471. The summed E-state index contributed by atoms with van der Waals surface area (Å²) in [6, 6.07) is 18.9. The van der Waals surface area contributed by atoms with Crippen molar-refractivity contribution < 1.29 is 0 Å². The molecule has 41 heavy (non-hydrogen) atoms. The molecule has 0 aromatic heterocycles. The zero-order valence-electron chi connectivity index (χ0n) is 29.2. The molecule has 4 atom stereocenters. The molecule has 2 aromatic carbocycles. The van der Waals surface area contributed by atoms with E-state index in [2.05, 4.69) is 148 Å². The molecule has 0 spiro atoms. The lowest BCUT2D eigenvalue weighted by molar-refractivity contribution is 0.442. The second-order valence-electron chi connectivity index (χ2n) is 13.7. The highest BCUT2D eigenvalue weighted by atomic mass is 14.9. The Labute approximate surface area is 256 Å². The highest BCUT2D eigenvalue weighted by Crippen LogP contribution is 2.22. The van der Waals surface area contributed by atoms with Crippen molar-refractivity contribution >= 4 is 0 Å². The Hall–Kier alpha value is -2.16. The molecule has 0 aliphatic heterocycles. The predicted octanol–water partition coefficient (Wildman–Crippen LogP) is 10.8. The lowest BCUT2D eigenvalue weighted by Crippen LogP contribution is -2.32. The van der Waals surface area contributed by atoms with E-state index >= 15 is 0 Å². The number of rotatable bonds is 13. The summed E-state index contributed by atoms with van der Waals surface area (Å²) in [5.74, 6) is 2.63. The molecule has 0 aliphatic rings. The quantitative estimate of drug-likeness (QED) is 0.237. The minimum Gasteiger partial charge on any atom is -0.314 e. The Kier molecular flexibility index (Phi) is 20.4. The number of benzene rings is 2. The van der Waals surface area contributed by atoms with Crippen LogP contribution in [0.2, 0.25) is 0 Å². The Morgan fingerprint density at radius 2 is 1.00 bits per heavy atom. The smallest absolute Gasteiger partial charge is 0.0258 e. The largest absolute Gasteiger partial charge is 0.314 e. The standard InChI is InChI=1S/C19H31N.C16H27N.C4H8/c1-14(2)11-19(20-13-15(3)4)12-17(6)18-9-7-16(5)8-10-18;1-12(2)11-17-15(5)10-14(4)16-8-6-13(3)7-9-16;1-4(2)3/h7-11,15,17,19-20H,12-13H2,1-6H3;6-9,12,14-15,17H,10-11H2,1-5H3;1H2,2-3H3/t;14-,15?;/m.0./s1. The Morgan fingerprint density at radius 1 is 0.634 bits per heavy atom. The lowest BCUT2D eigenvalue weighted by Gasteiger charge is -2.22. The lowest BCUT2D eigenvalue weighted by atomic mass is 9.92. The summed E-state index contributed by atoms with van der Waals surface area (Å²) >= 11 is 0. The van der Waals surface area contributed by atoms with E-state index in [1.54, 1.807) is 0 Å². The van der Waals surface area contributed by atoms with E-state index < -0.39 is 0 Å². The van der Waals surface area contributed by atoms with Crippen molar-refractivity contribution in [1.29, 1.82) is 0 Å². The average molecular weight is 563 g/mol. The summed E-state index contributed by atoms with van der Waals surface area (Å²) in [6.07, 6.45) is 4.73. The molecule has 0 bridgehead atoms. The molecule has 3 unspecified atom stereocenters. The van der Waals surface area contributed by atoms with Gasteiger partial charge in [-0.05, 0) is 109 Å². The molecule has 0 radical (unpaired) electrons. The van der Waals surface area contributed by atoms with Crippen LogP contribution in [0.3, 0.4) is 0 Å². The zero-order valence-corrected chi connectivity index (χ0v) is 29.2. The van der Waals surface area contributed by atoms with E-state index in [0.717, 1.165) is 25.4 Å². The first-order chi connectivity index (χ1) is 19.1. The Bertz CT molecular complexity index is 958. The van der Waals surface area contributed by atoms with Crippen LogP contribution in [0.25, 0.3) is 0 Å². The molecule has 232 valence electrons. The maximum atomic E-state index is 3.69. The van der Waals surface area contributed by atoms with Gasteiger partial charge < -0.3 is 10.6 Å². The second kappa shape index (κ2) is 21.5. The molecule has 2 N–H and O–H groups in total. The van der Waals surface area contributed by atoms with E-state index in [1.807, 2.05) is 13.8 Å². The third kappa shape index (κ3) is 21.2. The molecule has 2 heteroatoms. The zero-order chi connectivity index (χ0) is 31.5. The van der Waals surface area contributed by atoms with Gasteiger partial charge in [-0.25, -0.2) is 0 Å². The van der Waals surface area contributed by atoms with Crippen LogP contribution in [-0.2, 0) is 0 Å². The van der Waals surface area contributed by atoms with Crippen molar-refractivity contribution in [2.45, 2.75) is 127 Å². The molecule has 0 heterocycles. The molecule has 2 aromatic rings.